The van der Waals surface area contributed by atoms with Crippen LogP contribution in [0.15, 0.2) is 97.1 Å². The largest absolute Gasteiger partial charge is 0.335 e. The summed E-state index contributed by atoms with van der Waals surface area (Å²) in [6.07, 6.45) is 3.27. The van der Waals surface area contributed by atoms with Crippen LogP contribution in [0.5, 0.6) is 0 Å². The summed E-state index contributed by atoms with van der Waals surface area (Å²) >= 11 is 0. The molecular formula is C28H25N3O2. The first-order chi connectivity index (χ1) is 16.0. The van der Waals surface area contributed by atoms with Crippen molar-refractivity contribution in [3.63, 3.8) is 0 Å². The lowest BCUT2D eigenvalue weighted by molar-refractivity contribution is -0.126. The maximum Gasteiger partial charge on any atom is 0.255 e. The highest BCUT2D eigenvalue weighted by molar-refractivity contribution is 6.04. The zero-order valence-electron chi connectivity index (χ0n) is 18.6. The summed E-state index contributed by atoms with van der Waals surface area (Å²) in [5.41, 5.74) is 3.83. The average Bonchev–Trinajstić information content (AvgIpc) is 2.87. The molecule has 1 atom stereocenters. The van der Waals surface area contributed by atoms with Crippen LogP contribution >= 0.6 is 0 Å². The van der Waals surface area contributed by atoms with Gasteiger partial charge in [-0.3, -0.25) is 9.59 Å². The van der Waals surface area contributed by atoms with E-state index in [1.54, 1.807) is 30.2 Å². The van der Waals surface area contributed by atoms with Crippen molar-refractivity contribution in [3.05, 3.63) is 114 Å². The summed E-state index contributed by atoms with van der Waals surface area (Å²) in [4.78, 5) is 31.5. The molecule has 0 saturated heterocycles. The first kappa shape index (κ1) is 22.0. The molecule has 164 valence electrons. The molecule has 5 heteroatoms. The molecule has 0 spiro atoms. The lowest BCUT2D eigenvalue weighted by Gasteiger charge is -2.24. The summed E-state index contributed by atoms with van der Waals surface area (Å²) in [7, 11) is 1.76. The molecule has 2 amide bonds. The van der Waals surface area contributed by atoms with Crippen LogP contribution < -0.4 is 5.32 Å². The monoisotopic (exact) mass is 435 g/mol. The molecule has 33 heavy (non-hydrogen) atoms. The SMILES string of the molecule is CC(c1cccc(NC(=O)c2ccccc2)c1)N(C)C(=O)/C=C/c1ccc2ccccc2n1. The van der Waals surface area contributed by atoms with Gasteiger partial charge >= 0.3 is 0 Å². The second-order valence-electron chi connectivity index (χ2n) is 7.83. The van der Waals surface area contributed by atoms with E-state index in [-0.39, 0.29) is 17.9 Å². The van der Waals surface area contributed by atoms with Gasteiger partial charge in [0, 0.05) is 29.8 Å². The highest BCUT2D eigenvalue weighted by Crippen LogP contribution is 2.23. The number of fused-ring (bicyclic) bond motifs is 1. The molecule has 3 aromatic carbocycles. The van der Waals surface area contributed by atoms with Crippen LogP contribution in [-0.2, 0) is 4.79 Å². The van der Waals surface area contributed by atoms with Crippen LogP contribution in [0.4, 0.5) is 5.69 Å². The molecule has 0 bridgehead atoms. The number of benzene rings is 3. The van der Waals surface area contributed by atoms with Gasteiger partial charge in [0.1, 0.15) is 0 Å². The van der Waals surface area contributed by atoms with E-state index in [0.29, 0.717) is 11.3 Å². The van der Waals surface area contributed by atoms with Gasteiger partial charge in [-0.1, -0.05) is 54.6 Å². The topological polar surface area (TPSA) is 62.3 Å². The molecule has 1 unspecified atom stereocenters. The van der Waals surface area contributed by atoms with Gasteiger partial charge < -0.3 is 10.2 Å². The lowest BCUT2D eigenvalue weighted by Crippen LogP contribution is -2.28. The van der Waals surface area contributed by atoms with Gasteiger partial charge in [-0.25, -0.2) is 4.98 Å². The zero-order valence-corrected chi connectivity index (χ0v) is 18.6. The van der Waals surface area contributed by atoms with Crippen LogP contribution in [0.2, 0.25) is 0 Å². The number of rotatable bonds is 6. The first-order valence-corrected chi connectivity index (χ1v) is 10.8. The van der Waals surface area contributed by atoms with E-state index in [2.05, 4.69) is 10.3 Å². The van der Waals surface area contributed by atoms with Gasteiger partial charge in [-0.05, 0) is 55.0 Å². The second kappa shape index (κ2) is 9.92. The molecule has 0 aliphatic rings. The van der Waals surface area contributed by atoms with E-state index in [1.165, 1.54) is 6.08 Å². The number of carbonyl (C=O) groups is 2. The Morgan fingerprint density at radius 3 is 2.48 bits per heavy atom. The minimum atomic E-state index is -0.180. The standard InChI is InChI=1S/C28H25N3O2/c1-20(23-12-8-13-25(19-23)30-28(33)22-10-4-3-5-11-22)31(2)27(32)18-17-24-16-15-21-9-6-7-14-26(21)29-24/h3-20H,1-2H3,(H,30,33)/b18-17+. The number of likely N-dealkylation sites (N-methyl/N-ethyl adjacent to an activating group) is 1. The molecule has 4 aromatic rings. The number of para-hydroxylation sites is 1. The molecule has 1 aromatic heterocycles. The van der Waals surface area contributed by atoms with Crippen molar-refractivity contribution in [1.29, 1.82) is 0 Å². The maximum atomic E-state index is 12.8. The molecule has 4 rings (SSSR count). The van der Waals surface area contributed by atoms with Crippen molar-refractivity contribution in [3.8, 4) is 0 Å². The van der Waals surface area contributed by atoms with E-state index in [1.807, 2.05) is 85.8 Å². The van der Waals surface area contributed by atoms with Gasteiger partial charge in [0.2, 0.25) is 5.91 Å². The van der Waals surface area contributed by atoms with Gasteiger partial charge in [-0.15, -0.1) is 0 Å². The molecule has 1 heterocycles. The fourth-order valence-electron chi connectivity index (χ4n) is 3.53. The smallest absolute Gasteiger partial charge is 0.255 e. The Bertz CT molecular complexity index is 1320. The number of amides is 2. The molecule has 0 radical (unpaired) electrons. The van der Waals surface area contributed by atoms with Gasteiger partial charge in [0.25, 0.3) is 5.91 Å². The number of anilines is 1. The summed E-state index contributed by atoms with van der Waals surface area (Å²) in [5, 5.41) is 3.98. The maximum absolute atomic E-state index is 12.8. The molecule has 5 nitrogen and oxygen atoms in total. The molecule has 0 fully saturated rings. The summed E-state index contributed by atoms with van der Waals surface area (Å²) in [6.45, 7) is 1.96. The summed E-state index contributed by atoms with van der Waals surface area (Å²) in [5.74, 6) is -0.299. The number of aromatic nitrogens is 1. The Morgan fingerprint density at radius 2 is 1.67 bits per heavy atom. The number of nitrogens with one attached hydrogen (secondary N) is 1. The third-order valence-electron chi connectivity index (χ3n) is 5.61. The summed E-state index contributed by atoms with van der Waals surface area (Å²) in [6, 6.07) is 28.2. The van der Waals surface area contributed by atoms with Gasteiger partial charge in [-0.2, -0.15) is 0 Å². The van der Waals surface area contributed by atoms with Crippen molar-refractivity contribution in [2.75, 3.05) is 12.4 Å². The lowest BCUT2D eigenvalue weighted by atomic mass is 10.1. The Kier molecular flexibility index (Phi) is 6.60. The first-order valence-electron chi connectivity index (χ1n) is 10.8. The molecule has 1 N–H and O–H groups in total. The second-order valence-corrected chi connectivity index (χ2v) is 7.83. The number of carbonyl (C=O) groups excluding carboxylic acids is 2. The van der Waals surface area contributed by atoms with Crippen LogP contribution in [0, 0.1) is 0 Å². The quantitative estimate of drug-likeness (QED) is 0.394. The highest BCUT2D eigenvalue weighted by atomic mass is 16.2. The van der Waals surface area contributed by atoms with Crippen molar-refractivity contribution < 1.29 is 9.59 Å². The van der Waals surface area contributed by atoms with Crippen LogP contribution in [0.3, 0.4) is 0 Å². The average molecular weight is 436 g/mol. The fourth-order valence-corrected chi connectivity index (χ4v) is 3.53. The van der Waals surface area contributed by atoms with Crippen LogP contribution in [0.25, 0.3) is 17.0 Å². The Labute approximate surface area is 193 Å². The van der Waals surface area contributed by atoms with Crippen LogP contribution in [0.1, 0.15) is 34.6 Å². The van der Waals surface area contributed by atoms with Crippen molar-refractivity contribution in [1.82, 2.24) is 9.88 Å². The van der Waals surface area contributed by atoms with Crippen molar-refractivity contribution >= 4 is 34.5 Å². The molecule has 0 saturated carbocycles. The van der Waals surface area contributed by atoms with E-state index in [4.69, 9.17) is 0 Å². The van der Waals surface area contributed by atoms with E-state index in [0.717, 1.165) is 22.2 Å². The normalized spacial score (nSPS) is 11.9. The number of pyridine rings is 1. The minimum Gasteiger partial charge on any atom is -0.335 e. The Balaban J connectivity index is 1.43. The number of nitrogens with zero attached hydrogens (tertiary/aromatic N) is 2. The van der Waals surface area contributed by atoms with Gasteiger partial charge in [0.15, 0.2) is 0 Å². The Morgan fingerprint density at radius 1 is 0.909 bits per heavy atom. The summed E-state index contributed by atoms with van der Waals surface area (Å²) < 4.78 is 0. The van der Waals surface area contributed by atoms with E-state index < -0.39 is 0 Å². The fraction of sp³-hybridized carbons (Fsp3) is 0.107. The predicted octanol–water partition coefficient (Wildman–Crippen LogP) is 5.72. The predicted molar refractivity (Wildman–Crippen MR) is 133 cm³/mol. The third kappa shape index (κ3) is 5.33. The zero-order chi connectivity index (χ0) is 23.2. The van der Waals surface area contributed by atoms with E-state index >= 15 is 0 Å². The molecule has 0 aliphatic carbocycles. The van der Waals surface area contributed by atoms with Crippen molar-refractivity contribution in [2.24, 2.45) is 0 Å². The van der Waals surface area contributed by atoms with Crippen molar-refractivity contribution in [2.45, 2.75) is 13.0 Å². The number of hydrogen-bond donors (Lipinski definition) is 1. The van der Waals surface area contributed by atoms with E-state index in [9.17, 15) is 9.59 Å². The Hall–Kier alpha value is -4.25. The highest BCUT2D eigenvalue weighted by Gasteiger charge is 2.16. The van der Waals surface area contributed by atoms with Gasteiger partial charge in [0.05, 0.1) is 17.3 Å². The molecule has 0 aliphatic heterocycles. The number of hydrogen-bond acceptors (Lipinski definition) is 3. The third-order valence-corrected chi connectivity index (χ3v) is 5.61. The minimum absolute atomic E-state index is 0.129. The molecular weight excluding hydrogens is 410 g/mol. The van der Waals surface area contributed by atoms with Crippen LogP contribution in [-0.4, -0.2) is 28.7 Å².